The first kappa shape index (κ1) is 6.55. The molecule has 0 aliphatic heterocycles. The molecule has 1 aromatic heterocycles. The Balaban J connectivity index is 2.91. The van der Waals surface area contributed by atoms with Crippen LogP contribution in [0.15, 0.2) is 42.6 Å². The normalized spacial score (nSPS) is 10.2. The van der Waals surface area contributed by atoms with Crippen LogP contribution in [-0.2, 0) is 12.8 Å². The van der Waals surface area contributed by atoms with Crippen molar-refractivity contribution in [2.45, 2.75) is 0 Å². The Kier molecular flexibility index (Phi) is 1.47. The molecule has 0 amide bonds. The summed E-state index contributed by atoms with van der Waals surface area (Å²) in [6.45, 7) is 0. The minimum absolute atomic E-state index is 1.09. The van der Waals surface area contributed by atoms with Crippen LogP contribution in [-0.4, -0.2) is 0 Å². The highest BCUT2D eigenvalue weighted by Gasteiger charge is 1.95. The number of pyridine rings is 1. The van der Waals surface area contributed by atoms with Crippen molar-refractivity contribution in [1.29, 1.82) is 0 Å². The summed E-state index contributed by atoms with van der Waals surface area (Å²) in [5, 5.41) is 1.19. The molecular formula is C9H7NS. The van der Waals surface area contributed by atoms with E-state index in [1.807, 2.05) is 30.5 Å². The fourth-order valence-corrected chi connectivity index (χ4v) is 1.37. The van der Waals surface area contributed by atoms with Crippen molar-refractivity contribution < 1.29 is 3.97 Å². The van der Waals surface area contributed by atoms with Crippen molar-refractivity contribution in [2.75, 3.05) is 0 Å². The van der Waals surface area contributed by atoms with Crippen molar-refractivity contribution >= 4 is 23.7 Å². The van der Waals surface area contributed by atoms with E-state index in [2.05, 4.69) is 12.1 Å². The minimum atomic E-state index is 1.09. The van der Waals surface area contributed by atoms with E-state index in [9.17, 15) is 0 Å². The molecule has 0 bridgehead atoms. The molecule has 0 aliphatic rings. The largest absolute Gasteiger partial charge is 0.426 e. The lowest BCUT2D eigenvalue weighted by atomic mass is 10.2. The van der Waals surface area contributed by atoms with Gasteiger partial charge in [-0.15, -0.1) is 0 Å². The maximum Gasteiger partial charge on any atom is 0.197 e. The summed E-state index contributed by atoms with van der Waals surface area (Å²) >= 11 is 5.07. The molecule has 54 valence electrons. The van der Waals surface area contributed by atoms with Gasteiger partial charge in [-0.3, -0.25) is 0 Å². The number of para-hydroxylation sites is 1. The second kappa shape index (κ2) is 2.47. The lowest BCUT2D eigenvalue weighted by Gasteiger charge is -2.00. The van der Waals surface area contributed by atoms with Crippen molar-refractivity contribution in [3.05, 3.63) is 42.6 Å². The first-order chi connectivity index (χ1) is 5.38. The molecule has 0 spiro atoms. The summed E-state index contributed by atoms with van der Waals surface area (Å²) in [7, 11) is 0. The highest BCUT2D eigenvalue weighted by molar-refractivity contribution is 7.51. The number of hydrogen-bond donors (Lipinski definition) is 0. The van der Waals surface area contributed by atoms with Gasteiger partial charge in [-0.1, -0.05) is 12.1 Å². The highest BCUT2D eigenvalue weighted by atomic mass is 32.1. The van der Waals surface area contributed by atoms with Gasteiger partial charge < -0.3 is 16.8 Å². The quantitative estimate of drug-likeness (QED) is 0.417. The van der Waals surface area contributed by atoms with E-state index < -0.39 is 0 Å². The van der Waals surface area contributed by atoms with Crippen LogP contribution in [0.5, 0.6) is 0 Å². The second-order valence-corrected chi connectivity index (χ2v) is 2.79. The molecule has 2 rings (SSSR count). The van der Waals surface area contributed by atoms with Gasteiger partial charge >= 0.3 is 0 Å². The van der Waals surface area contributed by atoms with Crippen molar-refractivity contribution in [3.8, 4) is 0 Å². The average Bonchev–Trinajstić information content (AvgIpc) is 2.06. The third-order valence-electron chi connectivity index (χ3n) is 1.67. The zero-order chi connectivity index (χ0) is 7.68. The summed E-state index contributed by atoms with van der Waals surface area (Å²) in [4.78, 5) is 0. The maximum absolute atomic E-state index is 5.07. The molecule has 1 nitrogen and oxygen atoms in total. The number of fused-ring (bicyclic) bond motifs is 1. The highest BCUT2D eigenvalue weighted by Crippen LogP contribution is 2.06. The summed E-state index contributed by atoms with van der Waals surface area (Å²) in [5.41, 5.74) is 1.09. The van der Waals surface area contributed by atoms with Crippen LogP contribution in [0.2, 0.25) is 0 Å². The monoisotopic (exact) mass is 161 g/mol. The standard InChI is InChI=1S/C9H7NS/c11-10-7-3-5-8-4-1-2-6-9(8)10/h1-7H. The number of aromatic nitrogens is 1. The Labute approximate surface area is 70.8 Å². The first-order valence-electron chi connectivity index (χ1n) is 3.45. The number of hydrogen-bond acceptors (Lipinski definition) is 1. The topological polar surface area (TPSA) is 3.88 Å². The molecular weight excluding hydrogens is 154 g/mol. The third kappa shape index (κ3) is 1.05. The Morgan fingerprint density at radius 2 is 1.73 bits per heavy atom. The SMILES string of the molecule is [S-][n+]1cccc2ccccc21. The van der Waals surface area contributed by atoms with E-state index in [1.165, 1.54) is 5.39 Å². The lowest BCUT2D eigenvalue weighted by Crippen LogP contribution is -2.25. The van der Waals surface area contributed by atoms with E-state index in [0.29, 0.717) is 0 Å². The first-order valence-corrected chi connectivity index (χ1v) is 3.81. The van der Waals surface area contributed by atoms with Gasteiger partial charge in [0.05, 0.1) is 0 Å². The van der Waals surface area contributed by atoms with Gasteiger partial charge in [0.2, 0.25) is 0 Å². The van der Waals surface area contributed by atoms with Crippen LogP contribution in [0.3, 0.4) is 0 Å². The fourth-order valence-electron chi connectivity index (χ4n) is 1.13. The van der Waals surface area contributed by atoms with Gasteiger partial charge in [0, 0.05) is 17.5 Å². The number of rotatable bonds is 0. The Bertz CT molecular complexity index is 379. The molecule has 0 atom stereocenters. The van der Waals surface area contributed by atoms with Crippen LogP contribution < -0.4 is 3.97 Å². The third-order valence-corrected chi connectivity index (χ3v) is 1.99. The molecule has 1 heterocycles. The zero-order valence-corrected chi connectivity index (χ0v) is 6.71. The van der Waals surface area contributed by atoms with E-state index in [0.717, 1.165) is 5.52 Å². The Hall–Kier alpha value is -1.15. The minimum Gasteiger partial charge on any atom is -0.426 e. The smallest absolute Gasteiger partial charge is 0.197 e. The summed E-state index contributed by atoms with van der Waals surface area (Å²) in [5.74, 6) is 0. The van der Waals surface area contributed by atoms with E-state index in [4.69, 9.17) is 12.8 Å². The summed E-state index contributed by atoms with van der Waals surface area (Å²) in [6.07, 6.45) is 1.87. The van der Waals surface area contributed by atoms with Gasteiger partial charge in [0.15, 0.2) is 11.7 Å². The molecule has 0 N–H and O–H groups in total. The van der Waals surface area contributed by atoms with Gasteiger partial charge in [-0.2, -0.15) is 0 Å². The van der Waals surface area contributed by atoms with Crippen LogP contribution in [0, 0.1) is 0 Å². The molecule has 1 aromatic carbocycles. The number of nitrogens with zero attached hydrogens (tertiary/aromatic N) is 1. The fraction of sp³-hybridized carbons (Fsp3) is 0. The van der Waals surface area contributed by atoms with Crippen LogP contribution in [0.25, 0.3) is 10.9 Å². The Morgan fingerprint density at radius 3 is 2.55 bits per heavy atom. The molecule has 2 aromatic rings. The van der Waals surface area contributed by atoms with E-state index in [-0.39, 0.29) is 0 Å². The molecule has 0 fully saturated rings. The molecule has 11 heavy (non-hydrogen) atoms. The van der Waals surface area contributed by atoms with Gasteiger partial charge in [0.1, 0.15) is 0 Å². The summed E-state index contributed by atoms with van der Waals surface area (Å²) in [6, 6.07) is 12.1. The van der Waals surface area contributed by atoms with Crippen LogP contribution >= 0.6 is 0 Å². The van der Waals surface area contributed by atoms with E-state index in [1.54, 1.807) is 3.97 Å². The number of benzene rings is 1. The molecule has 0 saturated heterocycles. The van der Waals surface area contributed by atoms with Gasteiger partial charge in [-0.25, -0.2) is 0 Å². The van der Waals surface area contributed by atoms with E-state index >= 15 is 0 Å². The molecule has 0 saturated carbocycles. The molecule has 0 unspecified atom stereocenters. The average molecular weight is 161 g/mol. The Morgan fingerprint density at radius 1 is 1.00 bits per heavy atom. The molecule has 0 aliphatic carbocycles. The van der Waals surface area contributed by atoms with Crippen molar-refractivity contribution in [2.24, 2.45) is 0 Å². The maximum atomic E-state index is 5.07. The van der Waals surface area contributed by atoms with Crippen molar-refractivity contribution in [1.82, 2.24) is 0 Å². The van der Waals surface area contributed by atoms with Gasteiger partial charge in [0.25, 0.3) is 0 Å². The molecule has 0 radical (unpaired) electrons. The second-order valence-electron chi connectivity index (χ2n) is 2.39. The predicted octanol–water partition coefficient (Wildman–Crippen LogP) is 1.44. The molecule has 2 heteroatoms. The van der Waals surface area contributed by atoms with Gasteiger partial charge in [-0.05, 0) is 12.1 Å². The zero-order valence-electron chi connectivity index (χ0n) is 5.90. The predicted molar refractivity (Wildman–Crippen MR) is 46.9 cm³/mol. The van der Waals surface area contributed by atoms with Crippen molar-refractivity contribution in [3.63, 3.8) is 0 Å². The lowest BCUT2D eigenvalue weighted by molar-refractivity contribution is -0.461. The van der Waals surface area contributed by atoms with Crippen LogP contribution in [0.1, 0.15) is 0 Å². The van der Waals surface area contributed by atoms with Crippen LogP contribution in [0.4, 0.5) is 0 Å². The summed E-state index contributed by atoms with van der Waals surface area (Å²) < 4.78 is 1.70.